The zero-order chi connectivity index (χ0) is 31.4. The second-order valence-corrected chi connectivity index (χ2v) is 11.1. The Morgan fingerprint density at radius 1 is 0.932 bits per heavy atom. The molecule has 0 spiro atoms. The Balaban J connectivity index is 1.64. The van der Waals surface area contributed by atoms with Gasteiger partial charge in [0, 0.05) is 5.56 Å². The van der Waals surface area contributed by atoms with Gasteiger partial charge in [0.25, 0.3) is 5.78 Å². The van der Waals surface area contributed by atoms with Crippen LogP contribution in [0.2, 0.25) is 0 Å². The second kappa shape index (κ2) is 13.1. The van der Waals surface area contributed by atoms with Crippen molar-refractivity contribution in [2.45, 2.75) is 40.3 Å². The van der Waals surface area contributed by atoms with E-state index in [1.54, 1.807) is 44.2 Å². The van der Waals surface area contributed by atoms with Gasteiger partial charge in [0.1, 0.15) is 17.2 Å². The molecular formula is C34H32N2O7S. The summed E-state index contributed by atoms with van der Waals surface area (Å²) < 4.78 is 17.2. The zero-order valence-electron chi connectivity index (χ0n) is 24.8. The molecule has 1 atom stereocenters. The Kier molecular flexibility index (Phi) is 9.10. The van der Waals surface area contributed by atoms with E-state index in [1.807, 2.05) is 56.3 Å². The molecule has 9 nitrogen and oxygen atoms in total. The van der Waals surface area contributed by atoms with Gasteiger partial charge in [0.2, 0.25) is 0 Å². The van der Waals surface area contributed by atoms with Crippen LogP contribution in [0.5, 0.6) is 11.5 Å². The first-order valence-corrected chi connectivity index (χ1v) is 15.0. The van der Waals surface area contributed by atoms with Crippen molar-refractivity contribution in [1.82, 2.24) is 4.98 Å². The number of aliphatic hydroxyl groups excluding tert-OH is 1. The minimum atomic E-state index is -1.07. The van der Waals surface area contributed by atoms with Crippen molar-refractivity contribution in [3.05, 3.63) is 111 Å². The molecule has 5 rings (SSSR count). The summed E-state index contributed by atoms with van der Waals surface area (Å²) in [7, 11) is 0. The number of carbonyl (C=O) groups is 3. The van der Waals surface area contributed by atoms with Crippen LogP contribution in [0, 0.1) is 13.8 Å². The van der Waals surface area contributed by atoms with Crippen LogP contribution in [-0.2, 0) is 20.9 Å². The number of hydrogen-bond acceptors (Lipinski definition) is 9. The molecule has 1 saturated heterocycles. The summed E-state index contributed by atoms with van der Waals surface area (Å²) in [6.45, 7) is 7.89. The zero-order valence-corrected chi connectivity index (χ0v) is 25.6. The first kappa shape index (κ1) is 30.5. The molecule has 1 unspecified atom stereocenters. The number of aryl methyl sites for hydroxylation is 2. The van der Waals surface area contributed by atoms with Crippen LogP contribution >= 0.6 is 11.3 Å². The Morgan fingerprint density at radius 2 is 1.66 bits per heavy atom. The molecule has 3 aromatic carbocycles. The highest BCUT2D eigenvalue weighted by Crippen LogP contribution is 2.45. The van der Waals surface area contributed by atoms with Crippen molar-refractivity contribution in [3.8, 4) is 11.5 Å². The number of thiazole rings is 1. The third kappa shape index (κ3) is 6.07. The van der Waals surface area contributed by atoms with Crippen molar-refractivity contribution in [2.75, 3.05) is 18.1 Å². The molecule has 0 radical (unpaired) electrons. The molecule has 2 heterocycles. The number of aromatic nitrogens is 1. The fourth-order valence-electron chi connectivity index (χ4n) is 4.90. The molecule has 1 N–H and O–H groups in total. The third-order valence-electron chi connectivity index (χ3n) is 7.04. The highest BCUT2D eigenvalue weighted by atomic mass is 32.1. The molecule has 44 heavy (non-hydrogen) atoms. The van der Waals surface area contributed by atoms with Gasteiger partial charge >= 0.3 is 11.9 Å². The maximum absolute atomic E-state index is 13.7. The Labute approximate surface area is 259 Å². The van der Waals surface area contributed by atoms with E-state index in [0.29, 0.717) is 41.5 Å². The summed E-state index contributed by atoms with van der Waals surface area (Å²) in [6, 6.07) is 20.7. The quantitative estimate of drug-likeness (QED) is 0.0929. The van der Waals surface area contributed by atoms with Crippen LogP contribution in [0.1, 0.15) is 57.5 Å². The molecule has 226 valence electrons. The molecule has 1 amide bonds. The number of hydrogen-bond donors (Lipinski definition) is 1. The number of anilines is 1. The van der Waals surface area contributed by atoms with E-state index in [2.05, 4.69) is 4.98 Å². The molecule has 10 heteroatoms. The fraction of sp³-hybridized carbons (Fsp3) is 0.235. The van der Waals surface area contributed by atoms with Gasteiger partial charge in [0.15, 0.2) is 16.6 Å². The molecule has 0 aliphatic carbocycles. The van der Waals surface area contributed by atoms with Gasteiger partial charge in [-0.3, -0.25) is 14.5 Å². The average molecular weight is 613 g/mol. The largest absolute Gasteiger partial charge is 0.507 e. The van der Waals surface area contributed by atoms with Crippen LogP contribution in [0.4, 0.5) is 5.13 Å². The van der Waals surface area contributed by atoms with E-state index in [-0.39, 0.29) is 27.9 Å². The average Bonchev–Trinajstić information content (AvgIpc) is 3.53. The third-order valence-corrected chi connectivity index (χ3v) is 8.18. The van der Waals surface area contributed by atoms with Gasteiger partial charge in [0.05, 0.1) is 30.5 Å². The van der Waals surface area contributed by atoms with Gasteiger partial charge in [-0.2, -0.15) is 0 Å². The summed E-state index contributed by atoms with van der Waals surface area (Å²) >= 11 is 0.951. The Hall–Kier alpha value is -4.96. The predicted octanol–water partition coefficient (Wildman–Crippen LogP) is 6.54. The number of aliphatic hydroxyl groups is 1. The first-order valence-electron chi connectivity index (χ1n) is 14.2. The van der Waals surface area contributed by atoms with Gasteiger partial charge in [-0.15, -0.1) is 0 Å². The van der Waals surface area contributed by atoms with E-state index in [4.69, 9.17) is 14.2 Å². The number of esters is 1. The van der Waals surface area contributed by atoms with Gasteiger partial charge in [-0.05, 0) is 51.0 Å². The molecule has 0 saturated carbocycles. The summed E-state index contributed by atoms with van der Waals surface area (Å²) in [5.41, 5.74) is 3.07. The highest BCUT2D eigenvalue weighted by Gasteiger charge is 2.48. The normalized spacial score (nSPS) is 15.8. The Bertz CT molecular complexity index is 1730. The number of nitrogens with zero attached hydrogens (tertiary/aromatic N) is 2. The second-order valence-electron chi connectivity index (χ2n) is 10.1. The molecule has 1 aliphatic rings. The number of rotatable bonds is 10. The van der Waals surface area contributed by atoms with Crippen molar-refractivity contribution in [2.24, 2.45) is 0 Å². The van der Waals surface area contributed by atoms with E-state index >= 15 is 0 Å². The lowest BCUT2D eigenvalue weighted by Crippen LogP contribution is -2.29. The molecule has 4 aromatic rings. The van der Waals surface area contributed by atoms with Crippen molar-refractivity contribution in [3.63, 3.8) is 0 Å². The molecule has 1 aliphatic heterocycles. The molecular weight excluding hydrogens is 580 g/mol. The van der Waals surface area contributed by atoms with Gasteiger partial charge in [-0.25, -0.2) is 9.78 Å². The first-order chi connectivity index (χ1) is 21.2. The van der Waals surface area contributed by atoms with Crippen molar-refractivity contribution in [1.29, 1.82) is 0 Å². The SMILES string of the molecule is CCOC(=O)c1sc(N2C(=O)C(=O)/C(=C(/O)c3ccc(C)cc3)C2c2ccc(OCc3ccccc3)c(OCC)c2)nc1C. The van der Waals surface area contributed by atoms with E-state index in [0.717, 1.165) is 22.5 Å². The number of amides is 1. The van der Waals surface area contributed by atoms with Crippen LogP contribution < -0.4 is 14.4 Å². The number of ether oxygens (including phenoxy) is 3. The minimum absolute atomic E-state index is 0.107. The molecule has 0 bridgehead atoms. The number of benzene rings is 3. The van der Waals surface area contributed by atoms with Crippen molar-refractivity contribution < 1.29 is 33.7 Å². The summed E-state index contributed by atoms with van der Waals surface area (Å²) in [6.07, 6.45) is 0. The van der Waals surface area contributed by atoms with Gasteiger partial charge in [-0.1, -0.05) is 77.6 Å². The van der Waals surface area contributed by atoms with Crippen LogP contribution in [0.25, 0.3) is 5.76 Å². The Morgan fingerprint density at radius 3 is 2.34 bits per heavy atom. The standard InChI is InChI=1S/C34H32N2O7S/c1-5-41-26-18-24(16-17-25(26)43-19-22-10-8-7-9-11-22)28-27(29(37)23-14-12-20(3)13-15-23)30(38)32(39)36(28)34-35-21(4)31(44-34)33(40)42-6-2/h7-18,28,37H,5-6,19H2,1-4H3/b29-27+. The maximum atomic E-state index is 13.7. The highest BCUT2D eigenvalue weighted by molar-refractivity contribution is 7.17. The van der Waals surface area contributed by atoms with E-state index < -0.39 is 23.7 Å². The predicted molar refractivity (Wildman–Crippen MR) is 167 cm³/mol. The lowest BCUT2D eigenvalue weighted by molar-refractivity contribution is -0.132. The van der Waals surface area contributed by atoms with E-state index in [1.165, 1.54) is 4.90 Å². The smallest absolute Gasteiger partial charge is 0.350 e. The van der Waals surface area contributed by atoms with Crippen LogP contribution in [0.3, 0.4) is 0 Å². The molecule has 1 aromatic heterocycles. The lowest BCUT2D eigenvalue weighted by Gasteiger charge is -2.24. The van der Waals surface area contributed by atoms with Crippen LogP contribution in [-0.4, -0.2) is 41.0 Å². The molecule has 1 fully saturated rings. The van der Waals surface area contributed by atoms with Gasteiger partial charge < -0.3 is 19.3 Å². The van der Waals surface area contributed by atoms with Crippen LogP contribution in [0.15, 0.2) is 78.4 Å². The fourth-order valence-corrected chi connectivity index (χ4v) is 5.89. The summed E-state index contributed by atoms with van der Waals surface area (Å²) in [4.78, 5) is 45.8. The monoisotopic (exact) mass is 612 g/mol. The summed E-state index contributed by atoms with van der Waals surface area (Å²) in [5.74, 6) is -1.76. The number of carbonyl (C=O) groups excluding carboxylic acids is 3. The van der Waals surface area contributed by atoms with Crippen molar-refractivity contribution >= 4 is 39.9 Å². The lowest BCUT2D eigenvalue weighted by atomic mass is 9.95. The van der Waals surface area contributed by atoms with E-state index in [9.17, 15) is 19.5 Å². The number of Topliss-reactive ketones (excluding diaryl/α,β-unsaturated/α-hetero) is 1. The topological polar surface area (TPSA) is 115 Å². The number of ketones is 1. The maximum Gasteiger partial charge on any atom is 0.350 e. The minimum Gasteiger partial charge on any atom is -0.507 e. The summed E-state index contributed by atoms with van der Waals surface area (Å²) in [5, 5.41) is 11.6.